The number of hydrogen-bond acceptors (Lipinski definition) is 4. The second kappa shape index (κ2) is 9.16. The molecule has 0 bridgehead atoms. The molecule has 0 spiro atoms. The minimum absolute atomic E-state index is 0.0201. The molecular weight excluding hydrogens is 352 g/mol. The van der Waals surface area contributed by atoms with Gasteiger partial charge in [0.05, 0.1) is 25.3 Å². The van der Waals surface area contributed by atoms with Crippen LogP contribution in [0.1, 0.15) is 17.7 Å². The highest BCUT2D eigenvalue weighted by Gasteiger charge is 2.16. The number of rotatable bonds is 7. The highest BCUT2D eigenvalue weighted by Crippen LogP contribution is 2.25. The molecule has 1 saturated heterocycles. The molecule has 0 radical (unpaired) electrons. The average Bonchev–Trinajstić information content (AvgIpc) is 3.01. The third-order valence-corrected chi connectivity index (χ3v) is 4.86. The zero-order valence-corrected chi connectivity index (χ0v) is 15.8. The summed E-state index contributed by atoms with van der Waals surface area (Å²) in [7, 11) is 0. The molecule has 1 amide bonds. The molecule has 3 rings (SSSR count). The van der Waals surface area contributed by atoms with E-state index in [4.69, 9.17) is 16.3 Å². The number of nitrogens with one attached hydrogen (secondary N) is 2. The van der Waals surface area contributed by atoms with Crippen molar-refractivity contribution in [2.75, 3.05) is 39.4 Å². The molecule has 2 heterocycles. The molecule has 1 fully saturated rings. The Hall–Kier alpha value is -1.89. The van der Waals surface area contributed by atoms with Crippen molar-refractivity contribution in [3.05, 3.63) is 40.5 Å². The van der Waals surface area contributed by atoms with Crippen LogP contribution < -0.4 is 5.32 Å². The summed E-state index contributed by atoms with van der Waals surface area (Å²) in [4.78, 5) is 14.7. The molecule has 7 heteroatoms. The maximum absolute atomic E-state index is 12.3. The van der Waals surface area contributed by atoms with Gasteiger partial charge in [-0.05, 0) is 32.0 Å². The van der Waals surface area contributed by atoms with E-state index in [9.17, 15) is 4.79 Å². The monoisotopic (exact) mass is 376 g/mol. The van der Waals surface area contributed by atoms with Crippen molar-refractivity contribution >= 4 is 17.5 Å². The van der Waals surface area contributed by atoms with Gasteiger partial charge in [0.25, 0.3) is 0 Å². The number of carbonyl (C=O) groups is 1. The SMILES string of the molecule is Cc1[nH]nc(-c2ccc(Cl)cc2)c1CC(=O)NCCCN1CCOCC1. The molecule has 2 aromatic rings. The molecule has 1 aromatic heterocycles. The molecular formula is C19H25ClN4O2. The van der Waals surface area contributed by atoms with E-state index in [1.165, 1.54) is 0 Å². The summed E-state index contributed by atoms with van der Waals surface area (Å²) >= 11 is 5.95. The summed E-state index contributed by atoms with van der Waals surface area (Å²) in [6.45, 7) is 7.18. The Morgan fingerprint density at radius 3 is 2.77 bits per heavy atom. The van der Waals surface area contributed by atoms with Crippen molar-refractivity contribution in [3.8, 4) is 11.3 Å². The van der Waals surface area contributed by atoms with Gasteiger partial charge in [0.2, 0.25) is 5.91 Å². The zero-order chi connectivity index (χ0) is 18.4. The fraction of sp³-hybridized carbons (Fsp3) is 0.474. The Bertz CT molecular complexity index is 724. The van der Waals surface area contributed by atoms with Gasteiger partial charge in [-0.25, -0.2) is 0 Å². The van der Waals surface area contributed by atoms with E-state index in [2.05, 4.69) is 20.4 Å². The van der Waals surface area contributed by atoms with Crippen LogP contribution in [0.25, 0.3) is 11.3 Å². The van der Waals surface area contributed by atoms with Gasteiger partial charge >= 0.3 is 0 Å². The summed E-state index contributed by atoms with van der Waals surface area (Å²) in [6, 6.07) is 7.50. The minimum Gasteiger partial charge on any atom is -0.379 e. The molecule has 1 aromatic carbocycles. The molecule has 1 aliphatic rings. The molecule has 0 atom stereocenters. The highest BCUT2D eigenvalue weighted by atomic mass is 35.5. The van der Waals surface area contributed by atoms with Crippen molar-refractivity contribution in [2.24, 2.45) is 0 Å². The van der Waals surface area contributed by atoms with Crippen molar-refractivity contribution < 1.29 is 9.53 Å². The summed E-state index contributed by atoms with van der Waals surface area (Å²) in [5, 5.41) is 11.0. The number of morpholine rings is 1. The smallest absolute Gasteiger partial charge is 0.224 e. The molecule has 140 valence electrons. The van der Waals surface area contributed by atoms with Gasteiger partial charge in [-0.3, -0.25) is 14.8 Å². The lowest BCUT2D eigenvalue weighted by molar-refractivity contribution is -0.120. The summed E-state index contributed by atoms with van der Waals surface area (Å²) in [6.07, 6.45) is 1.26. The fourth-order valence-electron chi connectivity index (χ4n) is 3.09. The van der Waals surface area contributed by atoms with E-state index in [0.29, 0.717) is 18.0 Å². The second-order valence-corrected chi connectivity index (χ2v) is 6.95. The maximum atomic E-state index is 12.3. The molecule has 0 unspecified atom stereocenters. The van der Waals surface area contributed by atoms with Crippen LogP contribution in [0.4, 0.5) is 0 Å². The predicted molar refractivity (Wildman–Crippen MR) is 102 cm³/mol. The lowest BCUT2D eigenvalue weighted by atomic mass is 10.0. The van der Waals surface area contributed by atoms with Crippen LogP contribution in [0.3, 0.4) is 0 Å². The fourth-order valence-corrected chi connectivity index (χ4v) is 3.22. The Morgan fingerprint density at radius 1 is 1.31 bits per heavy atom. The van der Waals surface area contributed by atoms with Gasteiger partial charge in [-0.15, -0.1) is 0 Å². The second-order valence-electron chi connectivity index (χ2n) is 6.52. The largest absolute Gasteiger partial charge is 0.379 e. The average molecular weight is 377 g/mol. The molecule has 2 N–H and O–H groups in total. The van der Waals surface area contributed by atoms with Crippen LogP contribution >= 0.6 is 11.6 Å². The van der Waals surface area contributed by atoms with Gasteiger partial charge in [-0.1, -0.05) is 23.7 Å². The highest BCUT2D eigenvalue weighted by molar-refractivity contribution is 6.30. The van der Waals surface area contributed by atoms with Gasteiger partial charge in [0.15, 0.2) is 0 Å². The van der Waals surface area contributed by atoms with Crippen LogP contribution in [0.15, 0.2) is 24.3 Å². The molecule has 0 aliphatic carbocycles. The number of ether oxygens (including phenoxy) is 1. The first-order valence-corrected chi connectivity index (χ1v) is 9.38. The Morgan fingerprint density at radius 2 is 2.04 bits per heavy atom. The number of carbonyl (C=O) groups excluding carboxylic acids is 1. The number of nitrogens with zero attached hydrogens (tertiary/aromatic N) is 2. The first-order chi connectivity index (χ1) is 12.6. The predicted octanol–water partition coefficient (Wildman–Crippen LogP) is 2.42. The van der Waals surface area contributed by atoms with E-state index in [0.717, 1.165) is 61.8 Å². The van der Waals surface area contributed by atoms with Crippen molar-refractivity contribution in [3.63, 3.8) is 0 Å². The Labute approximate surface area is 158 Å². The molecule has 0 saturated carbocycles. The van der Waals surface area contributed by atoms with Crippen LogP contribution in [-0.4, -0.2) is 60.4 Å². The van der Waals surface area contributed by atoms with Crippen LogP contribution in [0.5, 0.6) is 0 Å². The maximum Gasteiger partial charge on any atom is 0.224 e. The van der Waals surface area contributed by atoms with E-state index >= 15 is 0 Å². The van der Waals surface area contributed by atoms with Gasteiger partial charge in [-0.2, -0.15) is 5.10 Å². The first kappa shape index (κ1) is 18.9. The van der Waals surface area contributed by atoms with E-state index in [1.54, 1.807) is 0 Å². The summed E-state index contributed by atoms with van der Waals surface area (Å²) < 4.78 is 5.34. The molecule has 26 heavy (non-hydrogen) atoms. The van der Waals surface area contributed by atoms with Crippen LogP contribution in [-0.2, 0) is 16.0 Å². The standard InChI is InChI=1S/C19H25ClN4O2/c1-14-17(19(23-22-14)15-3-5-16(20)6-4-15)13-18(25)21-7-2-8-24-9-11-26-12-10-24/h3-6H,2,7-13H2,1H3,(H,21,25)(H,22,23). The number of amides is 1. The van der Waals surface area contributed by atoms with Gasteiger partial charge in [0, 0.05) is 41.5 Å². The number of H-pyrrole nitrogens is 1. The Balaban J connectivity index is 1.51. The quantitative estimate of drug-likeness (QED) is 0.728. The van der Waals surface area contributed by atoms with E-state index in [-0.39, 0.29) is 5.91 Å². The van der Waals surface area contributed by atoms with Crippen LogP contribution in [0, 0.1) is 6.92 Å². The number of benzene rings is 1. The third kappa shape index (κ3) is 5.06. The van der Waals surface area contributed by atoms with Crippen molar-refractivity contribution in [2.45, 2.75) is 19.8 Å². The molecule has 1 aliphatic heterocycles. The normalized spacial score (nSPS) is 15.2. The molecule has 6 nitrogen and oxygen atoms in total. The number of aromatic nitrogens is 2. The number of aromatic amines is 1. The van der Waals surface area contributed by atoms with Crippen molar-refractivity contribution in [1.29, 1.82) is 0 Å². The van der Waals surface area contributed by atoms with Crippen LogP contribution in [0.2, 0.25) is 5.02 Å². The Kier molecular flexibility index (Phi) is 6.66. The summed E-state index contributed by atoms with van der Waals surface area (Å²) in [5.74, 6) is 0.0201. The van der Waals surface area contributed by atoms with Gasteiger partial charge < -0.3 is 10.1 Å². The number of aryl methyl sites for hydroxylation is 1. The minimum atomic E-state index is 0.0201. The van der Waals surface area contributed by atoms with E-state index in [1.807, 2.05) is 31.2 Å². The lowest BCUT2D eigenvalue weighted by Gasteiger charge is -2.26. The summed E-state index contributed by atoms with van der Waals surface area (Å²) in [5.41, 5.74) is 3.60. The van der Waals surface area contributed by atoms with Gasteiger partial charge in [0.1, 0.15) is 0 Å². The number of hydrogen-bond donors (Lipinski definition) is 2. The van der Waals surface area contributed by atoms with Crippen molar-refractivity contribution in [1.82, 2.24) is 20.4 Å². The first-order valence-electron chi connectivity index (χ1n) is 9.00. The third-order valence-electron chi connectivity index (χ3n) is 4.61. The number of halogens is 1. The van der Waals surface area contributed by atoms with E-state index < -0.39 is 0 Å². The topological polar surface area (TPSA) is 70.2 Å². The zero-order valence-electron chi connectivity index (χ0n) is 15.1. The lowest BCUT2D eigenvalue weighted by Crippen LogP contribution is -2.38.